The lowest BCUT2D eigenvalue weighted by Gasteiger charge is -2.09. The Morgan fingerprint density at radius 3 is 2.71 bits per heavy atom. The van der Waals surface area contributed by atoms with E-state index in [0.29, 0.717) is 0 Å². The second-order valence-corrected chi connectivity index (χ2v) is 4.01. The maximum absolute atomic E-state index is 11.9. The normalized spacial score (nSPS) is 9.95. The average molecular weight is 289 g/mol. The van der Waals surface area contributed by atoms with Crippen molar-refractivity contribution in [2.75, 3.05) is 23.0 Å². The number of ether oxygens (including phenoxy) is 1. The molecule has 2 aromatic rings. The van der Waals surface area contributed by atoms with Gasteiger partial charge in [0.15, 0.2) is 11.5 Å². The van der Waals surface area contributed by atoms with Crippen LogP contribution in [0.2, 0.25) is 0 Å². The summed E-state index contributed by atoms with van der Waals surface area (Å²) in [6.45, 7) is 1.84. The van der Waals surface area contributed by atoms with Gasteiger partial charge in [-0.05, 0) is 19.1 Å². The molecule has 21 heavy (non-hydrogen) atoms. The van der Waals surface area contributed by atoms with E-state index in [2.05, 4.69) is 25.3 Å². The van der Waals surface area contributed by atoms with Gasteiger partial charge >= 0.3 is 6.09 Å². The second-order valence-electron chi connectivity index (χ2n) is 4.01. The number of carbonyl (C=O) groups is 1. The van der Waals surface area contributed by atoms with E-state index in [-0.39, 0.29) is 24.1 Å². The molecular weight excluding hydrogens is 274 g/mol. The van der Waals surface area contributed by atoms with Crippen LogP contribution in [0, 0.1) is 0 Å². The summed E-state index contributed by atoms with van der Waals surface area (Å²) in [5.74, 6) is 0.0725. The third-order valence-electron chi connectivity index (χ3n) is 2.49. The first-order valence-corrected chi connectivity index (χ1v) is 6.25. The number of aromatic amines is 1. The van der Waals surface area contributed by atoms with Crippen LogP contribution in [0.1, 0.15) is 6.92 Å². The number of hydrogen-bond acceptors (Lipinski definition) is 6. The van der Waals surface area contributed by atoms with Crippen LogP contribution >= 0.6 is 0 Å². The zero-order valence-electron chi connectivity index (χ0n) is 11.3. The van der Waals surface area contributed by atoms with Crippen LogP contribution in [-0.2, 0) is 4.74 Å². The van der Waals surface area contributed by atoms with Crippen molar-refractivity contribution < 1.29 is 9.53 Å². The highest BCUT2D eigenvalue weighted by Crippen LogP contribution is 2.15. The van der Waals surface area contributed by atoms with Gasteiger partial charge in [-0.1, -0.05) is 18.2 Å². The third kappa shape index (κ3) is 3.72. The van der Waals surface area contributed by atoms with E-state index in [0.717, 1.165) is 5.69 Å². The minimum absolute atomic E-state index is 0.106. The smallest absolute Gasteiger partial charge is 0.411 e. The van der Waals surface area contributed by atoms with Crippen LogP contribution < -0.4 is 21.9 Å². The number of aromatic nitrogens is 2. The molecule has 0 unspecified atom stereocenters. The molecule has 1 aromatic heterocycles. The number of benzene rings is 1. The van der Waals surface area contributed by atoms with Gasteiger partial charge in [0.05, 0.1) is 6.61 Å². The van der Waals surface area contributed by atoms with Gasteiger partial charge in [0, 0.05) is 5.69 Å². The zero-order chi connectivity index (χ0) is 15.2. The SMILES string of the molecule is CCOC(=O)Nc1c(N)nc(Nc2ccccc2)[nH]c1=O. The molecular formula is C13H15N5O3. The van der Waals surface area contributed by atoms with Crippen molar-refractivity contribution in [2.45, 2.75) is 6.92 Å². The van der Waals surface area contributed by atoms with Crippen LogP contribution in [-0.4, -0.2) is 22.7 Å². The Morgan fingerprint density at radius 1 is 1.38 bits per heavy atom. The van der Waals surface area contributed by atoms with Crippen LogP contribution in [0.15, 0.2) is 35.1 Å². The fourth-order valence-corrected chi connectivity index (χ4v) is 1.60. The zero-order valence-corrected chi connectivity index (χ0v) is 11.3. The summed E-state index contributed by atoms with van der Waals surface area (Å²) in [5.41, 5.74) is 5.70. The molecule has 110 valence electrons. The Bertz CT molecular complexity index is 684. The van der Waals surface area contributed by atoms with Crippen molar-refractivity contribution >= 4 is 29.2 Å². The van der Waals surface area contributed by atoms with E-state index in [1.54, 1.807) is 19.1 Å². The van der Waals surface area contributed by atoms with E-state index in [9.17, 15) is 9.59 Å². The van der Waals surface area contributed by atoms with Gasteiger partial charge in [0.1, 0.15) is 0 Å². The molecule has 0 spiro atoms. The summed E-state index contributed by atoms with van der Waals surface area (Å²) >= 11 is 0. The molecule has 2 rings (SSSR count). The van der Waals surface area contributed by atoms with E-state index in [1.165, 1.54) is 0 Å². The fourth-order valence-electron chi connectivity index (χ4n) is 1.60. The molecule has 0 radical (unpaired) electrons. The van der Waals surface area contributed by atoms with E-state index >= 15 is 0 Å². The van der Waals surface area contributed by atoms with Crippen molar-refractivity contribution in [1.82, 2.24) is 9.97 Å². The molecule has 1 amide bonds. The van der Waals surface area contributed by atoms with E-state index in [4.69, 9.17) is 5.73 Å². The molecule has 0 fully saturated rings. The average Bonchev–Trinajstić information content (AvgIpc) is 2.44. The van der Waals surface area contributed by atoms with Crippen molar-refractivity contribution in [3.8, 4) is 0 Å². The van der Waals surface area contributed by atoms with Crippen LogP contribution in [0.3, 0.4) is 0 Å². The molecule has 1 aromatic carbocycles. The first-order valence-electron chi connectivity index (χ1n) is 6.25. The molecule has 0 saturated heterocycles. The summed E-state index contributed by atoms with van der Waals surface area (Å²) in [6.07, 6.45) is -0.764. The molecule has 0 atom stereocenters. The topological polar surface area (TPSA) is 122 Å². The molecule has 0 aliphatic heterocycles. The first-order chi connectivity index (χ1) is 10.1. The lowest BCUT2D eigenvalue weighted by molar-refractivity contribution is 0.168. The highest BCUT2D eigenvalue weighted by Gasteiger charge is 2.12. The quantitative estimate of drug-likeness (QED) is 0.679. The second kappa shape index (κ2) is 6.42. The number of anilines is 4. The van der Waals surface area contributed by atoms with E-state index < -0.39 is 11.7 Å². The molecule has 0 aliphatic carbocycles. The third-order valence-corrected chi connectivity index (χ3v) is 2.49. The predicted molar refractivity (Wildman–Crippen MR) is 79.6 cm³/mol. The minimum atomic E-state index is -0.764. The predicted octanol–water partition coefficient (Wildman–Crippen LogP) is 1.66. The summed E-state index contributed by atoms with van der Waals surface area (Å²) in [7, 11) is 0. The number of nitrogens with two attached hydrogens (primary N) is 1. The van der Waals surface area contributed by atoms with Gasteiger partial charge in [0.25, 0.3) is 5.56 Å². The van der Waals surface area contributed by atoms with Crippen LogP contribution in [0.5, 0.6) is 0 Å². The fraction of sp³-hybridized carbons (Fsp3) is 0.154. The largest absolute Gasteiger partial charge is 0.450 e. The lowest BCUT2D eigenvalue weighted by atomic mass is 10.3. The number of rotatable bonds is 4. The number of H-pyrrole nitrogens is 1. The summed E-state index contributed by atoms with van der Waals surface area (Å²) in [6, 6.07) is 9.14. The van der Waals surface area contributed by atoms with Gasteiger partial charge in [-0.3, -0.25) is 15.1 Å². The number of nitrogens with zero attached hydrogens (tertiary/aromatic N) is 1. The van der Waals surface area contributed by atoms with Crippen LogP contribution in [0.4, 0.5) is 27.9 Å². The Labute approximate surface area is 120 Å². The number of carbonyl (C=O) groups excluding carboxylic acids is 1. The maximum Gasteiger partial charge on any atom is 0.411 e. The molecule has 1 heterocycles. The highest BCUT2D eigenvalue weighted by molar-refractivity contribution is 5.87. The van der Waals surface area contributed by atoms with Gasteiger partial charge in [-0.15, -0.1) is 0 Å². The summed E-state index contributed by atoms with van der Waals surface area (Å²) < 4.78 is 4.68. The number of nitrogen functional groups attached to an aromatic ring is 1. The van der Waals surface area contributed by atoms with Crippen molar-refractivity contribution in [3.05, 3.63) is 40.7 Å². The Morgan fingerprint density at radius 2 is 2.10 bits per heavy atom. The first kappa shape index (κ1) is 14.4. The molecule has 8 nitrogen and oxygen atoms in total. The number of amides is 1. The van der Waals surface area contributed by atoms with E-state index in [1.807, 2.05) is 18.2 Å². The van der Waals surface area contributed by atoms with Gasteiger partial charge in [-0.25, -0.2) is 4.79 Å². The van der Waals surface area contributed by atoms with Crippen LogP contribution in [0.25, 0.3) is 0 Å². The maximum atomic E-state index is 11.9. The lowest BCUT2D eigenvalue weighted by Crippen LogP contribution is -2.23. The number of hydrogen-bond donors (Lipinski definition) is 4. The van der Waals surface area contributed by atoms with Crippen molar-refractivity contribution in [2.24, 2.45) is 0 Å². The van der Waals surface area contributed by atoms with Gasteiger partial charge in [-0.2, -0.15) is 4.98 Å². The molecule has 5 N–H and O–H groups in total. The Kier molecular flexibility index (Phi) is 4.39. The Hall–Kier alpha value is -3.03. The Balaban J connectivity index is 2.21. The molecule has 0 bridgehead atoms. The van der Waals surface area contributed by atoms with Crippen molar-refractivity contribution in [1.29, 1.82) is 0 Å². The minimum Gasteiger partial charge on any atom is -0.450 e. The summed E-state index contributed by atoms with van der Waals surface area (Å²) in [4.78, 5) is 29.7. The monoisotopic (exact) mass is 289 g/mol. The molecule has 0 aliphatic rings. The highest BCUT2D eigenvalue weighted by atomic mass is 16.5. The standard InChI is InChI=1S/C13H15N5O3/c1-2-21-13(20)16-9-10(14)17-12(18-11(9)19)15-8-6-4-3-5-7-8/h3-7H,2H2,1H3,(H,16,20)(H4,14,15,17,18,19). The molecule has 8 heteroatoms. The molecule has 0 saturated carbocycles. The number of nitrogens with one attached hydrogen (secondary N) is 3. The summed E-state index contributed by atoms with van der Waals surface area (Å²) in [5, 5.41) is 5.15. The van der Waals surface area contributed by atoms with Crippen molar-refractivity contribution in [3.63, 3.8) is 0 Å². The number of para-hydroxylation sites is 1. The van der Waals surface area contributed by atoms with Gasteiger partial charge < -0.3 is 15.8 Å². The van der Waals surface area contributed by atoms with Gasteiger partial charge in [0.2, 0.25) is 5.95 Å².